The monoisotopic (exact) mass is 399 g/mol. The summed E-state index contributed by atoms with van der Waals surface area (Å²) in [5, 5.41) is 3.38. The van der Waals surface area contributed by atoms with Crippen LogP contribution in [0.4, 0.5) is 4.79 Å². The summed E-state index contributed by atoms with van der Waals surface area (Å²) >= 11 is 0. The van der Waals surface area contributed by atoms with Crippen LogP contribution in [-0.4, -0.2) is 61.3 Å². The molecule has 1 saturated heterocycles. The maximum atomic E-state index is 12.3. The first-order valence-corrected chi connectivity index (χ1v) is 9.51. The highest BCUT2D eigenvalue weighted by Crippen LogP contribution is 2.13. The lowest BCUT2D eigenvalue weighted by Gasteiger charge is -2.33. The molecule has 8 heteroatoms. The number of carbonyl (C=O) groups is 2. The molecular weight excluding hydrogens is 374 g/mol. The number of methoxy groups -OCH3 is 1. The van der Waals surface area contributed by atoms with Crippen molar-refractivity contribution in [2.45, 2.75) is 19.1 Å². The summed E-state index contributed by atoms with van der Waals surface area (Å²) in [7, 11) is 1.32. The largest absolute Gasteiger partial charge is 0.492 e. The number of amides is 1. The van der Waals surface area contributed by atoms with Crippen molar-refractivity contribution in [1.82, 2.24) is 15.2 Å². The molecule has 1 atom stereocenters. The van der Waals surface area contributed by atoms with Gasteiger partial charge in [-0.15, -0.1) is 0 Å². The zero-order chi connectivity index (χ0) is 20.5. The Morgan fingerprint density at radius 3 is 2.86 bits per heavy atom. The van der Waals surface area contributed by atoms with Crippen LogP contribution in [0, 0.1) is 0 Å². The Kier molecular flexibility index (Phi) is 7.40. The Morgan fingerprint density at radius 2 is 2.07 bits per heavy atom. The summed E-state index contributed by atoms with van der Waals surface area (Å²) < 4.78 is 15.8. The van der Waals surface area contributed by atoms with E-state index < -0.39 is 5.97 Å². The van der Waals surface area contributed by atoms with Crippen LogP contribution in [0.5, 0.6) is 5.75 Å². The van der Waals surface area contributed by atoms with E-state index in [1.165, 1.54) is 13.3 Å². The highest BCUT2D eigenvalue weighted by atomic mass is 16.6. The van der Waals surface area contributed by atoms with E-state index in [-0.39, 0.29) is 18.7 Å². The molecule has 0 aliphatic carbocycles. The van der Waals surface area contributed by atoms with Gasteiger partial charge in [-0.1, -0.05) is 30.3 Å². The third-order valence-corrected chi connectivity index (χ3v) is 4.59. The van der Waals surface area contributed by atoms with Crippen molar-refractivity contribution in [2.75, 3.05) is 33.4 Å². The molecule has 0 unspecified atom stereocenters. The van der Waals surface area contributed by atoms with E-state index in [4.69, 9.17) is 9.47 Å². The van der Waals surface area contributed by atoms with Crippen LogP contribution < -0.4 is 10.1 Å². The molecule has 1 N–H and O–H groups in total. The van der Waals surface area contributed by atoms with Crippen LogP contribution >= 0.6 is 0 Å². The van der Waals surface area contributed by atoms with E-state index in [0.717, 1.165) is 5.56 Å². The number of esters is 1. The quantitative estimate of drug-likeness (QED) is 0.714. The van der Waals surface area contributed by atoms with Crippen molar-refractivity contribution in [1.29, 1.82) is 0 Å². The van der Waals surface area contributed by atoms with Crippen LogP contribution in [0.2, 0.25) is 0 Å². The van der Waals surface area contributed by atoms with Gasteiger partial charge in [0.15, 0.2) is 0 Å². The Morgan fingerprint density at radius 1 is 1.24 bits per heavy atom. The lowest BCUT2D eigenvalue weighted by molar-refractivity contribution is 0.0599. The molecule has 0 spiro atoms. The summed E-state index contributed by atoms with van der Waals surface area (Å²) in [6, 6.07) is 11.3. The van der Waals surface area contributed by atoms with E-state index in [9.17, 15) is 9.59 Å². The summed E-state index contributed by atoms with van der Waals surface area (Å²) in [6.07, 6.45) is 3.37. The van der Waals surface area contributed by atoms with Gasteiger partial charge in [-0.2, -0.15) is 0 Å². The number of benzene rings is 1. The number of carbonyl (C=O) groups excluding carboxylic acids is 2. The predicted octanol–water partition coefficient (Wildman–Crippen LogP) is 2.25. The van der Waals surface area contributed by atoms with Crippen LogP contribution in [-0.2, 0) is 16.1 Å². The second-order valence-corrected chi connectivity index (χ2v) is 6.68. The van der Waals surface area contributed by atoms with Gasteiger partial charge >= 0.3 is 12.1 Å². The standard InChI is InChI=1S/C21H25N3O5/c1-27-20(25)17-11-19(13-22-12-17)28-10-7-18-14-24(9-8-23-18)21(26)29-15-16-5-3-2-4-6-16/h2-6,11-13,18,23H,7-10,14-15H2,1H3/t18-/m1/s1. The van der Waals surface area contributed by atoms with Crippen LogP contribution in [0.15, 0.2) is 48.8 Å². The van der Waals surface area contributed by atoms with E-state index in [2.05, 4.69) is 15.0 Å². The van der Waals surface area contributed by atoms with Gasteiger partial charge in [0, 0.05) is 31.9 Å². The molecule has 1 aromatic heterocycles. The maximum Gasteiger partial charge on any atom is 0.410 e. The van der Waals surface area contributed by atoms with Gasteiger partial charge in [0.05, 0.1) is 25.5 Å². The van der Waals surface area contributed by atoms with E-state index in [1.54, 1.807) is 17.2 Å². The fourth-order valence-corrected chi connectivity index (χ4v) is 3.04. The summed E-state index contributed by atoms with van der Waals surface area (Å²) in [6.45, 7) is 2.55. The topological polar surface area (TPSA) is 90.0 Å². The lowest BCUT2D eigenvalue weighted by Crippen LogP contribution is -2.53. The van der Waals surface area contributed by atoms with Gasteiger partial charge in [-0.05, 0) is 18.1 Å². The van der Waals surface area contributed by atoms with Gasteiger partial charge in [0.1, 0.15) is 12.4 Å². The second-order valence-electron chi connectivity index (χ2n) is 6.68. The molecule has 8 nitrogen and oxygen atoms in total. The fraction of sp³-hybridized carbons (Fsp3) is 0.381. The number of nitrogens with zero attached hydrogens (tertiary/aromatic N) is 2. The minimum absolute atomic E-state index is 0.102. The van der Waals surface area contributed by atoms with Gasteiger partial charge < -0.3 is 24.4 Å². The predicted molar refractivity (Wildman–Crippen MR) is 106 cm³/mol. The molecule has 2 heterocycles. The molecule has 2 aromatic rings. The highest BCUT2D eigenvalue weighted by Gasteiger charge is 2.24. The average Bonchev–Trinajstić information content (AvgIpc) is 2.78. The number of hydrogen-bond acceptors (Lipinski definition) is 7. The van der Waals surface area contributed by atoms with Crippen LogP contribution in [0.25, 0.3) is 0 Å². The zero-order valence-corrected chi connectivity index (χ0v) is 16.4. The minimum atomic E-state index is -0.457. The maximum absolute atomic E-state index is 12.3. The Hall–Kier alpha value is -3.13. The summed E-state index contributed by atoms with van der Waals surface area (Å²) in [5.74, 6) is 0.0457. The van der Waals surface area contributed by atoms with E-state index >= 15 is 0 Å². The van der Waals surface area contributed by atoms with Gasteiger partial charge in [-0.3, -0.25) is 4.98 Å². The molecule has 0 saturated carbocycles. The summed E-state index contributed by atoms with van der Waals surface area (Å²) in [5.41, 5.74) is 1.30. The van der Waals surface area contributed by atoms with Gasteiger partial charge in [0.2, 0.25) is 0 Å². The minimum Gasteiger partial charge on any atom is -0.492 e. The number of piperazine rings is 1. The molecule has 29 heavy (non-hydrogen) atoms. The highest BCUT2D eigenvalue weighted by molar-refractivity contribution is 5.89. The lowest BCUT2D eigenvalue weighted by atomic mass is 10.1. The molecular formula is C21H25N3O5. The Balaban J connectivity index is 1.42. The normalized spacial score (nSPS) is 16.2. The third kappa shape index (κ3) is 6.18. The number of nitrogens with one attached hydrogen (secondary N) is 1. The average molecular weight is 399 g/mol. The van der Waals surface area contributed by atoms with Gasteiger partial charge in [-0.25, -0.2) is 9.59 Å². The molecule has 0 bridgehead atoms. The van der Waals surface area contributed by atoms with Crippen molar-refractivity contribution >= 4 is 12.1 Å². The molecule has 0 radical (unpaired) electrons. The van der Waals surface area contributed by atoms with Crippen molar-refractivity contribution < 1.29 is 23.8 Å². The number of pyridine rings is 1. The fourth-order valence-electron chi connectivity index (χ4n) is 3.04. The first kappa shape index (κ1) is 20.6. The van der Waals surface area contributed by atoms with Crippen LogP contribution in [0.1, 0.15) is 22.3 Å². The Bertz CT molecular complexity index is 815. The number of ether oxygens (including phenoxy) is 3. The van der Waals surface area contributed by atoms with Crippen molar-refractivity contribution in [3.05, 3.63) is 59.9 Å². The van der Waals surface area contributed by atoms with Gasteiger partial charge in [0.25, 0.3) is 0 Å². The van der Waals surface area contributed by atoms with E-state index in [1.807, 2.05) is 30.3 Å². The molecule has 1 fully saturated rings. The van der Waals surface area contributed by atoms with Crippen molar-refractivity contribution in [2.24, 2.45) is 0 Å². The first-order chi connectivity index (χ1) is 14.2. The van der Waals surface area contributed by atoms with Crippen molar-refractivity contribution in [3.8, 4) is 5.75 Å². The number of aromatic nitrogens is 1. The van der Waals surface area contributed by atoms with Crippen LogP contribution in [0.3, 0.4) is 0 Å². The van der Waals surface area contributed by atoms with E-state index in [0.29, 0.717) is 44.0 Å². The SMILES string of the molecule is COC(=O)c1cncc(OCC[C@@H]2CN(C(=O)OCc3ccccc3)CCN2)c1. The summed E-state index contributed by atoms with van der Waals surface area (Å²) in [4.78, 5) is 29.6. The number of hydrogen-bond donors (Lipinski definition) is 1. The molecule has 1 aromatic carbocycles. The number of rotatable bonds is 7. The third-order valence-electron chi connectivity index (χ3n) is 4.59. The Labute approximate surface area is 169 Å². The molecule has 1 aliphatic heterocycles. The second kappa shape index (κ2) is 10.4. The molecule has 1 amide bonds. The smallest absolute Gasteiger partial charge is 0.410 e. The zero-order valence-electron chi connectivity index (χ0n) is 16.4. The first-order valence-electron chi connectivity index (χ1n) is 9.51. The molecule has 3 rings (SSSR count). The van der Waals surface area contributed by atoms with Crippen molar-refractivity contribution in [3.63, 3.8) is 0 Å². The molecule has 154 valence electrons. The molecule has 1 aliphatic rings.